The predicted molar refractivity (Wildman–Crippen MR) is 118 cm³/mol. The molecule has 32 heavy (non-hydrogen) atoms. The van der Waals surface area contributed by atoms with Crippen LogP contribution in [0.2, 0.25) is 0 Å². The van der Waals surface area contributed by atoms with Crippen LogP contribution in [0.4, 0.5) is 13.2 Å². The second-order valence-corrected chi connectivity index (χ2v) is 8.72. The van der Waals surface area contributed by atoms with Gasteiger partial charge in [-0.3, -0.25) is 4.79 Å². The Hall–Kier alpha value is -2.54. The van der Waals surface area contributed by atoms with E-state index in [2.05, 4.69) is 4.90 Å². The number of aryl methyl sites for hydroxylation is 1. The first-order valence-electron chi connectivity index (χ1n) is 11.2. The number of hydrogen-bond donors (Lipinski definition) is 0. The van der Waals surface area contributed by atoms with Crippen LogP contribution >= 0.6 is 0 Å². The molecule has 0 saturated carbocycles. The van der Waals surface area contributed by atoms with Crippen molar-refractivity contribution in [2.24, 2.45) is 0 Å². The van der Waals surface area contributed by atoms with Gasteiger partial charge in [0, 0.05) is 19.1 Å². The minimum atomic E-state index is -4.41. The molecule has 2 aromatic rings. The summed E-state index contributed by atoms with van der Waals surface area (Å²) in [6, 6.07) is 9.18. The normalized spacial score (nSPS) is 18.2. The van der Waals surface area contributed by atoms with Crippen molar-refractivity contribution < 1.29 is 22.7 Å². The Labute approximate surface area is 187 Å². The molecule has 0 bridgehead atoms. The van der Waals surface area contributed by atoms with E-state index in [0.29, 0.717) is 47.1 Å². The zero-order valence-corrected chi connectivity index (χ0v) is 18.5. The predicted octanol–water partition coefficient (Wildman–Crippen LogP) is 5.39. The van der Waals surface area contributed by atoms with Crippen molar-refractivity contribution in [2.45, 2.75) is 44.8 Å². The number of piperidine rings is 1. The van der Waals surface area contributed by atoms with Crippen molar-refractivity contribution in [1.29, 1.82) is 0 Å². The highest BCUT2D eigenvalue weighted by molar-refractivity contribution is 5.99. The van der Waals surface area contributed by atoms with Gasteiger partial charge in [-0.25, -0.2) is 0 Å². The Morgan fingerprint density at radius 2 is 1.69 bits per heavy atom. The number of methoxy groups -OCH3 is 1. The van der Waals surface area contributed by atoms with E-state index in [0.717, 1.165) is 38.1 Å². The van der Waals surface area contributed by atoms with Crippen LogP contribution in [0.5, 0.6) is 5.75 Å². The van der Waals surface area contributed by atoms with Crippen molar-refractivity contribution in [1.82, 2.24) is 9.80 Å². The number of carbonyl (C=O) groups excluding carboxylic acids is 1. The van der Waals surface area contributed by atoms with E-state index in [4.69, 9.17) is 4.74 Å². The standard InChI is InChI=1S/C25H29F3N2O2/c1-17-14-19(18-6-5-7-20(15-18)25(26,27)28)16-22(32-2)23(17)24(31)30-12-8-21(9-13-30)29-10-3-4-11-29/h5-7,14-16,21H,3-4,8-13H2,1-2H3. The fraction of sp³-hybridized carbons (Fsp3) is 0.480. The van der Waals surface area contributed by atoms with Crippen molar-refractivity contribution in [3.05, 3.63) is 53.1 Å². The SMILES string of the molecule is COc1cc(-c2cccc(C(F)(F)F)c2)cc(C)c1C(=O)N1CCC(N2CCCC2)CC1. The Kier molecular flexibility index (Phi) is 6.47. The minimum Gasteiger partial charge on any atom is -0.496 e. The fourth-order valence-electron chi connectivity index (χ4n) is 4.93. The molecule has 2 aliphatic rings. The molecule has 4 nitrogen and oxygen atoms in total. The van der Waals surface area contributed by atoms with Gasteiger partial charge in [0.25, 0.3) is 5.91 Å². The van der Waals surface area contributed by atoms with Gasteiger partial charge in [-0.15, -0.1) is 0 Å². The molecule has 0 radical (unpaired) electrons. The molecule has 7 heteroatoms. The van der Waals surface area contributed by atoms with Crippen LogP contribution in [0.1, 0.15) is 47.2 Å². The maximum absolute atomic E-state index is 13.3. The summed E-state index contributed by atoms with van der Waals surface area (Å²) in [4.78, 5) is 17.8. The lowest BCUT2D eigenvalue weighted by Crippen LogP contribution is -2.46. The molecule has 0 atom stereocenters. The van der Waals surface area contributed by atoms with Crippen LogP contribution in [0, 0.1) is 6.92 Å². The van der Waals surface area contributed by atoms with Crippen LogP contribution in [0.25, 0.3) is 11.1 Å². The van der Waals surface area contributed by atoms with E-state index >= 15 is 0 Å². The highest BCUT2D eigenvalue weighted by Crippen LogP contribution is 2.35. The van der Waals surface area contributed by atoms with E-state index in [-0.39, 0.29) is 5.91 Å². The molecule has 0 spiro atoms. The van der Waals surface area contributed by atoms with E-state index in [1.54, 1.807) is 18.2 Å². The van der Waals surface area contributed by atoms with Gasteiger partial charge in [-0.1, -0.05) is 18.2 Å². The molecule has 2 heterocycles. The van der Waals surface area contributed by atoms with Gasteiger partial charge in [-0.05, 0) is 80.6 Å². The van der Waals surface area contributed by atoms with E-state index in [1.807, 2.05) is 11.8 Å². The molecular formula is C25H29F3N2O2. The summed E-state index contributed by atoms with van der Waals surface area (Å²) in [7, 11) is 1.49. The zero-order chi connectivity index (χ0) is 22.9. The Balaban J connectivity index is 1.56. The highest BCUT2D eigenvalue weighted by atomic mass is 19.4. The maximum Gasteiger partial charge on any atom is 0.416 e. The average Bonchev–Trinajstić information content (AvgIpc) is 3.33. The van der Waals surface area contributed by atoms with E-state index in [1.165, 1.54) is 26.0 Å². The van der Waals surface area contributed by atoms with Gasteiger partial charge in [0.05, 0.1) is 18.2 Å². The van der Waals surface area contributed by atoms with Crippen LogP contribution in [0.15, 0.2) is 36.4 Å². The number of alkyl halides is 3. The Bertz CT molecular complexity index is 976. The van der Waals surface area contributed by atoms with E-state index < -0.39 is 11.7 Å². The lowest BCUT2D eigenvalue weighted by molar-refractivity contribution is -0.137. The number of likely N-dealkylation sites (tertiary alicyclic amines) is 2. The lowest BCUT2D eigenvalue weighted by atomic mass is 9.96. The van der Waals surface area contributed by atoms with Gasteiger partial charge in [0.1, 0.15) is 5.75 Å². The summed E-state index contributed by atoms with van der Waals surface area (Å²) in [5.74, 6) is 0.318. The third kappa shape index (κ3) is 4.63. The molecule has 172 valence electrons. The third-order valence-electron chi connectivity index (χ3n) is 6.67. The molecular weight excluding hydrogens is 417 g/mol. The molecule has 2 fully saturated rings. The lowest BCUT2D eigenvalue weighted by Gasteiger charge is -2.37. The monoisotopic (exact) mass is 446 g/mol. The summed E-state index contributed by atoms with van der Waals surface area (Å²) < 4.78 is 44.9. The highest BCUT2D eigenvalue weighted by Gasteiger charge is 2.32. The molecule has 2 aromatic carbocycles. The number of hydrogen-bond acceptors (Lipinski definition) is 3. The van der Waals surface area contributed by atoms with Crippen molar-refractivity contribution >= 4 is 5.91 Å². The topological polar surface area (TPSA) is 32.8 Å². The number of carbonyl (C=O) groups is 1. The van der Waals surface area contributed by atoms with Crippen molar-refractivity contribution in [3.8, 4) is 16.9 Å². The van der Waals surface area contributed by atoms with Gasteiger partial charge >= 0.3 is 6.18 Å². The quantitative estimate of drug-likeness (QED) is 0.631. The first-order valence-corrected chi connectivity index (χ1v) is 11.2. The molecule has 4 rings (SSSR count). The fourth-order valence-corrected chi connectivity index (χ4v) is 4.93. The van der Waals surface area contributed by atoms with Crippen LogP contribution in [-0.2, 0) is 6.18 Å². The Morgan fingerprint density at radius 1 is 1.00 bits per heavy atom. The van der Waals surface area contributed by atoms with Gasteiger partial charge < -0.3 is 14.5 Å². The average molecular weight is 447 g/mol. The summed E-state index contributed by atoms with van der Waals surface area (Å²) in [5, 5.41) is 0. The van der Waals surface area contributed by atoms with Crippen LogP contribution in [-0.4, -0.2) is 55.0 Å². The van der Waals surface area contributed by atoms with Crippen LogP contribution < -0.4 is 4.74 Å². The molecule has 0 aromatic heterocycles. The van der Waals surface area contributed by atoms with Crippen molar-refractivity contribution in [2.75, 3.05) is 33.3 Å². The first-order chi connectivity index (χ1) is 15.3. The number of nitrogens with zero attached hydrogens (tertiary/aromatic N) is 2. The third-order valence-corrected chi connectivity index (χ3v) is 6.67. The van der Waals surface area contributed by atoms with Gasteiger partial charge in [-0.2, -0.15) is 13.2 Å². The maximum atomic E-state index is 13.3. The number of amides is 1. The molecule has 0 aliphatic carbocycles. The minimum absolute atomic E-state index is 0.0742. The molecule has 0 unspecified atom stereocenters. The smallest absolute Gasteiger partial charge is 0.416 e. The molecule has 0 N–H and O–H groups in total. The van der Waals surface area contributed by atoms with Crippen LogP contribution in [0.3, 0.4) is 0 Å². The summed E-state index contributed by atoms with van der Waals surface area (Å²) in [6.07, 6.45) is 0.0403. The number of halogens is 3. The second kappa shape index (κ2) is 9.14. The molecule has 2 saturated heterocycles. The zero-order valence-electron chi connectivity index (χ0n) is 18.5. The first kappa shape index (κ1) is 22.6. The van der Waals surface area contributed by atoms with Gasteiger partial charge in [0.2, 0.25) is 0 Å². The summed E-state index contributed by atoms with van der Waals surface area (Å²) in [6.45, 7) is 5.53. The Morgan fingerprint density at radius 3 is 2.31 bits per heavy atom. The number of benzene rings is 2. The number of rotatable bonds is 4. The van der Waals surface area contributed by atoms with Crippen molar-refractivity contribution in [3.63, 3.8) is 0 Å². The molecule has 2 aliphatic heterocycles. The van der Waals surface area contributed by atoms with E-state index in [9.17, 15) is 18.0 Å². The largest absolute Gasteiger partial charge is 0.496 e. The summed E-state index contributed by atoms with van der Waals surface area (Å²) in [5.41, 5.74) is 1.51. The molecule has 1 amide bonds. The number of ether oxygens (including phenoxy) is 1. The second-order valence-electron chi connectivity index (χ2n) is 8.72. The van der Waals surface area contributed by atoms with Gasteiger partial charge in [0.15, 0.2) is 0 Å². The summed E-state index contributed by atoms with van der Waals surface area (Å²) >= 11 is 0.